The monoisotopic (exact) mass is 256 g/mol. The molecule has 2 atom stereocenters. The predicted octanol–water partition coefficient (Wildman–Crippen LogP) is 3.20. The number of carbonyl (C=O) groups is 1. The summed E-state index contributed by atoms with van der Waals surface area (Å²) in [6.45, 7) is 2.03. The first kappa shape index (κ1) is 9.97. The van der Waals surface area contributed by atoms with Gasteiger partial charge in [0, 0.05) is 18.8 Å². The Labute approximate surface area is 91.8 Å². The highest BCUT2D eigenvalue weighted by Crippen LogP contribution is 2.31. The molecule has 0 N–H and O–H groups in total. The number of furan rings is 1. The second-order valence-corrected chi connectivity index (χ2v) is 4.75. The first-order chi connectivity index (χ1) is 6.66. The van der Waals surface area contributed by atoms with E-state index in [2.05, 4.69) is 15.9 Å². The van der Waals surface area contributed by atoms with Crippen molar-refractivity contribution < 1.29 is 9.21 Å². The molecule has 3 heteroatoms. The zero-order valence-corrected chi connectivity index (χ0v) is 9.71. The Bertz CT molecular complexity index is 343. The van der Waals surface area contributed by atoms with Gasteiger partial charge < -0.3 is 4.42 Å². The topological polar surface area (TPSA) is 30.2 Å². The van der Waals surface area contributed by atoms with Crippen LogP contribution in [0.4, 0.5) is 0 Å². The maximum Gasteiger partial charge on any atom is 0.169 e. The fraction of sp³-hybridized carbons (Fsp3) is 0.545. The van der Waals surface area contributed by atoms with E-state index in [0.717, 1.165) is 29.7 Å². The lowest BCUT2D eigenvalue weighted by molar-refractivity contribution is -0.120. The van der Waals surface area contributed by atoms with Crippen LogP contribution >= 0.6 is 15.9 Å². The number of rotatable bonds is 2. The Balaban J connectivity index is 2.02. The van der Waals surface area contributed by atoms with E-state index in [0.29, 0.717) is 11.7 Å². The van der Waals surface area contributed by atoms with Crippen LogP contribution in [0.25, 0.3) is 0 Å². The third-order valence-corrected chi connectivity index (χ3v) is 3.49. The number of hydrogen-bond donors (Lipinski definition) is 0. The van der Waals surface area contributed by atoms with Crippen LogP contribution in [-0.2, 0) is 11.2 Å². The largest absolute Gasteiger partial charge is 0.454 e. The lowest BCUT2D eigenvalue weighted by Crippen LogP contribution is -2.12. The Kier molecular flexibility index (Phi) is 2.77. The third kappa shape index (κ3) is 1.92. The summed E-state index contributed by atoms with van der Waals surface area (Å²) >= 11 is 3.27. The van der Waals surface area contributed by atoms with Crippen molar-refractivity contribution >= 4 is 21.7 Å². The quantitative estimate of drug-likeness (QED) is 0.814. The van der Waals surface area contributed by atoms with Crippen LogP contribution < -0.4 is 0 Å². The molecule has 2 unspecified atom stereocenters. The molecule has 1 aliphatic rings. The second kappa shape index (κ2) is 3.89. The van der Waals surface area contributed by atoms with Crippen molar-refractivity contribution in [2.24, 2.45) is 11.8 Å². The van der Waals surface area contributed by atoms with Crippen LogP contribution in [-0.4, -0.2) is 5.78 Å². The third-order valence-electron chi connectivity index (χ3n) is 3.07. The molecule has 2 rings (SSSR count). The minimum atomic E-state index is 0.207. The Morgan fingerprint density at radius 1 is 1.57 bits per heavy atom. The Morgan fingerprint density at radius 3 is 2.86 bits per heavy atom. The van der Waals surface area contributed by atoms with E-state index < -0.39 is 0 Å². The van der Waals surface area contributed by atoms with Gasteiger partial charge in [-0.2, -0.15) is 0 Å². The Hall–Kier alpha value is -0.570. The van der Waals surface area contributed by atoms with E-state index in [1.54, 1.807) is 0 Å². The normalized spacial score (nSPS) is 27.1. The smallest absolute Gasteiger partial charge is 0.169 e. The van der Waals surface area contributed by atoms with Crippen LogP contribution in [0.2, 0.25) is 0 Å². The molecule has 1 aliphatic carbocycles. The summed E-state index contributed by atoms with van der Waals surface area (Å²) in [7, 11) is 0. The average molecular weight is 257 g/mol. The zero-order valence-electron chi connectivity index (χ0n) is 8.13. The predicted molar refractivity (Wildman–Crippen MR) is 57.0 cm³/mol. The Morgan fingerprint density at radius 2 is 2.36 bits per heavy atom. The van der Waals surface area contributed by atoms with Gasteiger partial charge in [-0.05, 0) is 40.4 Å². The van der Waals surface area contributed by atoms with Gasteiger partial charge in [-0.1, -0.05) is 6.92 Å². The minimum absolute atomic E-state index is 0.207. The lowest BCUT2D eigenvalue weighted by atomic mass is 9.93. The van der Waals surface area contributed by atoms with Crippen molar-refractivity contribution in [3.05, 3.63) is 22.6 Å². The molecule has 1 aromatic heterocycles. The molecule has 1 saturated carbocycles. The van der Waals surface area contributed by atoms with Crippen molar-refractivity contribution in [2.45, 2.75) is 26.2 Å². The summed E-state index contributed by atoms with van der Waals surface area (Å²) in [4.78, 5) is 11.3. The molecule has 0 aromatic carbocycles. The van der Waals surface area contributed by atoms with Crippen LogP contribution in [0, 0.1) is 11.8 Å². The maximum atomic E-state index is 11.3. The van der Waals surface area contributed by atoms with Crippen molar-refractivity contribution in [2.75, 3.05) is 0 Å². The van der Waals surface area contributed by atoms with Crippen molar-refractivity contribution in [1.29, 1.82) is 0 Å². The summed E-state index contributed by atoms with van der Waals surface area (Å²) in [5, 5.41) is 0. The van der Waals surface area contributed by atoms with Gasteiger partial charge >= 0.3 is 0 Å². The van der Waals surface area contributed by atoms with E-state index in [1.807, 2.05) is 19.1 Å². The second-order valence-electron chi connectivity index (χ2n) is 3.96. The molecule has 2 nitrogen and oxygen atoms in total. The van der Waals surface area contributed by atoms with E-state index in [4.69, 9.17) is 4.42 Å². The molecule has 0 spiro atoms. The number of Topliss-reactive ketones (excluding diaryl/α,β-unsaturated/α-hetero) is 1. The van der Waals surface area contributed by atoms with Crippen molar-refractivity contribution in [1.82, 2.24) is 0 Å². The molecular weight excluding hydrogens is 244 g/mol. The number of ketones is 1. The van der Waals surface area contributed by atoms with Gasteiger partial charge in [-0.3, -0.25) is 4.79 Å². The van der Waals surface area contributed by atoms with Crippen molar-refractivity contribution in [3.63, 3.8) is 0 Å². The zero-order chi connectivity index (χ0) is 10.1. The van der Waals surface area contributed by atoms with Crippen LogP contribution in [0.3, 0.4) is 0 Å². The van der Waals surface area contributed by atoms with E-state index in [1.165, 1.54) is 0 Å². The molecule has 0 radical (unpaired) electrons. The van der Waals surface area contributed by atoms with Crippen molar-refractivity contribution in [3.8, 4) is 0 Å². The lowest BCUT2D eigenvalue weighted by Gasteiger charge is -2.11. The highest BCUT2D eigenvalue weighted by atomic mass is 79.9. The molecule has 14 heavy (non-hydrogen) atoms. The van der Waals surface area contributed by atoms with Gasteiger partial charge in [0.1, 0.15) is 11.5 Å². The average Bonchev–Trinajstić information content (AvgIpc) is 2.67. The molecule has 76 valence electrons. The first-order valence-electron chi connectivity index (χ1n) is 4.94. The van der Waals surface area contributed by atoms with Crippen LogP contribution in [0.15, 0.2) is 21.2 Å². The molecule has 0 aliphatic heterocycles. The van der Waals surface area contributed by atoms with Gasteiger partial charge in [0.2, 0.25) is 0 Å². The summed E-state index contributed by atoms with van der Waals surface area (Å²) in [5.41, 5.74) is 0. The van der Waals surface area contributed by atoms with Gasteiger partial charge in [0.05, 0.1) is 0 Å². The minimum Gasteiger partial charge on any atom is -0.454 e. The van der Waals surface area contributed by atoms with Gasteiger partial charge in [0.15, 0.2) is 4.67 Å². The van der Waals surface area contributed by atoms with Crippen LogP contribution in [0.5, 0.6) is 0 Å². The molecule has 1 fully saturated rings. The fourth-order valence-electron chi connectivity index (χ4n) is 2.07. The molecule has 0 bridgehead atoms. The molecule has 1 heterocycles. The SMILES string of the molecule is CC1C(=O)CCC1Cc1ccc(Br)o1. The van der Waals surface area contributed by atoms with Gasteiger partial charge in [0.25, 0.3) is 0 Å². The number of halogens is 1. The number of carbonyl (C=O) groups excluding carboxylic acids is 1. The van der Waals surface area contributed by atoms with Crippen LogP contribution in [0.1, 0.15) is 25.5 Å². The van der Waals surface area contributed by atoms with Gasteiger partial charge in [-0.15, -0.1) is 0 Å². The molecular formula is C11H13BrO2. The number of hydrogen-bond acceptors (Lipinski definition) is 2. The van der Waals surface area contributed by atoms with E-state index >= 15 is 0 Å². The molecule has 0 amide bonds. The summed E-state index contributed by atoms with van der Waals surface area (Å²) in [6.07, 6.45) is 2.64. The molecule has 1 aromatic rings. The van der Waals surface area contributed by atoms with E-state index in [9.17, 15) is 4.79 Å². The maximum absolute atomic E-state index is 11.3. The summed E-state index contributed by atoms with van der Waals surface area (Å²) in [5.74, 6) is 2.06. The van der Waals surface area contributed by atoms with Gasteiger partial charge in [-0.25, -0.2) is 0 Å². The summed E-state index contributed by atoms with van der Waals surface area (Å²) < 4.78 is 6.20. The highest BCUT2D eigenvalue weighted by molar-refractivity contribution is 9.10. The molecule has 0 saturated heterocycles. The fourth-order valence-corrected chi connectivity index (χ4v) is 2.41. The highest BCUT2D eigenvalue weighted by Gasteiger charge is 2.31. The first-order valence-corrected chi connectivity index (χ1v) is 5.73. The summed E-state index contributed by atoms with van der Waals surface area (Å²) in [6, 6.07) is 3.87. The van der Waals surface area contributed by atoms with E-state index in [-0.39, 0.29) is 5.92 Å². The standard InChI is InChI=1S/C11H13BrO2/c1-7-8(2-4-10(7)13)6-9-3-5-11(12)14-9/h3,5,7-8H,2,4,6H2,1H3.